The second-order valence-electron chi connectivity index (χ2n) is 1.24. The Labute approximate surface area is 73.9 Å². The van der Waals surface area contributed by atoms with Crippen LogP contribution in [-0.4, -0.2) is 17.8 Å². The summed E-state index contributed by atoms with van der Waals surface area (Å²) in [6.45, 7) is 0. The first-order valence-electron chi connectivity index (χ1n) is 1.86. The van der Waals surface area contributed by atoms with Crippen molar-refractivity contribution in [2.75, 3.05) is 0 Å². The van der Waals surface area contributed by atoms with Crippen molar-refractivity contribution in [3.8, 4) is 0 Å². The van der Waals surface area contributed by atoms with Gasteiger partial charge in [0.2, 0.25) is 0 Å². The Bertz CT molecular complexity index is 165. The zero-order valence-electron chi connectivity index (χ0n) is 5.72. The van der Waals surface area contributed by atoms with Crippen LogP contribution in [0.4, 0.5) is 4.79 Å². The summed E-state index contributed by atoms with van der Waals surface area (Å²) >= 11 is 0. The van der Waals surface area contributed by atoms with Crippen LogP contribution in [0.15, 0.2) is 0 Å². The van der Waals surface area contributed by atoms with Gasteiger partial charge in [-0.25, -0.2) is 4.79 Å². The zero-order chi connectivity index (χ0) is 6.15. The van der Waals surface area contributed by atoms with Crippen molar-refractivity contribution in [3.05, 3.63) is 0 Å². The predicted octanol–water partition coefficient (Wildman–Crippen LogP) is -4.53. The molecule has 1 heterocycles. The average molecular weight is 138 g/mol. The first-order valence-corrected chi connectivity index (χ1v) is 1.86. The predicted molar refractivity (Wildman–Crippen MR) is 22.8 cm³/mol. The van der Waals surface area contributed by atoms with E-state index in [1.165, 1.54) is 0 Å². The van der Waals surface area contributed by atoms with Crippen molar-refractivity contribution in [1.82, 2.24) is 10.6 Å². The number of hydrogen-bond donors (Lipinski definition) is 2. The first-order chi connectivity index (χ1) is 3.70. The smallest absolute Gasteiger partial charge is 1.00 e. The van der Waals surface area contributed by atoms with Gasteiger partial charge in [-0.15, -0.1) is 0 Å². The maximum atomic E-state index is 10.0. The molecule has 1 aliphatic rings. The molecule has 0 atom stereocenters. The van der Waals surface area contributed by atoms with Crippen molar-refractivity contribution in [2.45, 2.75) is 0 Å². The molecule has 0 aromatic rings. The molecule has 0 aromatic carbocycles. The molecule has 1 aliphatic heterocycles. The number of nitrogens with one attached hydrogen (secondary N) is 2. The standard InChI is InChI=1S/C3H2N2O3.Na.H/c6-1-2(7)5-3(8)4-1;;/h(H2,4,5,6,7,8);;/q;+1;-1. The molecule has 5 nitrogen and oxygen atoms in total. The molecular formula is C3H3N2NaO3. The summed E-state index contributed by atoms with van der Waals surface area (Å²) in [7, 11) is 0. The number of hydrogen-bond acceptors (Lipinski definition) is 3. The Balaban J connectivity index is 0. The number of rotatable bonds is 0. The summed E-state index contributed by atoms with van der Waals surface area (Å²) in [4.78, 5) is 30.1. The normalized spacial score (nSPS) is 16.2. The van der Waals surface area contributed by atoms with E-state index >= 15 is 0 Å². The van der Waals surface area contributed by atoms with E-state index in [0.717, 1.165) is 0 Å². The molecule has 9 heavy (non-hydrogen) atoms. The summed E-state index contributed by atoms with van der Waals surface area (Å²) in [5.74, 6) is -1.79. The van der Waals surface area contributed by atoms with Crippen molar-refractivity contribution in [1.29, 1.82) is 0 Å². The third-order valence-electron chi connectivity index (χ3n) is 0.660. The number of carbonyl (C=O) groups excluding carboxylic acids is 3. The maximum Gasteiger partial charge on any atom is 1.00 e. The van der Waals surface area contributed by atoms with Crippen molar-refractivity contribution in [2.24, 2.45) is 0 Å². The Morgan fingerprint density at radius 1 is 1.00 bits per heavy atom. The van der Waals surface area contributed by atoms with E-state index in [-0.39, 0.29) is 31.0 Å². The second kappa shape index (κ2) is 2.95. The minimum Gasteiger partial charge on any atom is -1.00 e. The molecule has 44 valence electrons. The molecule has 6 heteroatoms. The number of imide groups is 2. The Morgan fingerprint density at radius 2 is 1.33 bits per heavy atom. The van der Waals surface area contributed by atoms with E-state index < -0.39 is 17.8 Å². The van der Waals surface area contributed by atoms with Crippen LogP contribution in [0, 0.1) is 0 Å². The fourth-order valence-electron chi connectivity index (χ4n) is 0.351. The summed E-state index contributed by atoms with van der Waals surface area (Å²) in [6.07, 6.45) is 0. The Morgan fingerprint density at radius 3 is 1.44 bits per heavy atom. The van der Waals surface area contributed by atoms with E-state index in [1.54, 1.807) is 10.6 Å². The Hall–Kier alpha value is -0.390. The van der Waals surface area contributed by atoms with Gasteiger partial charge in [0.15, 0.2) is 0 Å². The SMILES string of the molecule is O=C1NC(=O)C(=O)N1.[H-].[Na+]. The quantitative estimate of drug-likeness (QED) is 0.201. The first kappa shape index (κ1) is 8.61. The van der Waals surface area contributed by atoms with E-state index in [0.29, 0.717) is 0 Å². The third-order valence-corrected chi connectivity index (χ3v) is 0.660. The Kier molecular flexibility index (Phi) is 2.83. The summed E-state index contributed by atoms with van der Waals surface area (Å²) < 4.78 is 0. The van der Waals surface area contributed by atoms with Gasteiger partial charge in [-0.2, -0.15) is 0 Å². The largest absolute Gasteiger partial charge is 1.00 e. The van der Waals surface area contributed by atoms with Crippen molar-refractivity contribution in [3.63, 3.8) is 0 Å². The molecule has 0 bridgehead atoms. The molecular weight excluding hydrogens is 135 g/mol. The summed E-state index contributed by atoms with van der Waals surface area (Å²) in [5, 5.41) is 3.46. The monoisotopic (exact) mass is 138 g/mol. The van der Waals surface area contributed by atoms with Gasteiger partial charge in [-0.1, -0.05) is 0 Å². The zero-order valence-corrected chi connectivity index (χ0v) is 6.72. The van der Waals surface area contributed by atoms with Gasteiger partial charge < -0.3 is 1.43 Å². The minimum atomic E-state index is -0.894. The molecule has 0 radical (unpaired) electrons. The van der Waals surface area contributed by atoms with E-state index in [2.05, 4.69) is 0 Å². The summed E-state index contributed by atoms with van der Waals surface area (Å²) in [6, 6.07) is -0.750. The fourth-order valence-corrected chi connectivity index (χ4v) is 0.351. The third kappa shape index (κ3) is 1.78. The molecule has 1 saturated heterocycles. The number of carbonyl (C=O) groups is 3. The van der Waals surface area contributed by atoms with Crippen LogP contribution in [0.5, 0.6) is 0 Å². The molecule has 0 aliphatic carbocycles. The molecule has 0 aromatic heterocycles. The molecule has 4 amide bonds. The van der Waals surface area contributed by atoms with E-state index in [1.807, 2.05) is 0 Å². The molecule has 0 spiro atoms. The van der Waals surface area contributed by atoms with Gasteiger partial charge in [0.25, 0.3) is 0 Å². The van der Waals surface area contributed by atoms with Gasteiger partial charge in [-0.3, -0.25) is 20.2 Å². The van der Waals surface area contributed by atoms with Crippen LogP contribution in [0.2, 0.25) is 0 Å². The molecule has 0 unspecified atom stereocenters. The molecule has 2 N–H and O–H groups in total. The van der Waals surface area contributed by atoms with Crippen LogP contribution in [0.1, 0.15) is 1.43 Å². The second-order valence-corrected chi connectivity index (χ2v) is 1.24. The van der Waals surface area contributed by atoms with Crippen molar-refractivity contribution < 1.29 is 45.4 Å². The van der Waals surface area contributed by atoms with Crippen LogP contribution in [0.25, 0.3) is 0 Å². The van der Waals surface area contributed by atoms with Gasteiger partial charge in [-0.05, 0) is 0 Å². The van der Waals surface area contributed by atoms with Crippen LogP contribution >= 0.6 is 0 Å². The van der Waals surface area contributed by atoms with Crippen LogP contribution < -0.4 is 40.2 Å². The molecule has 1 rings (SSSR count). The maximum absolute atomic E-state index is 10.0. The van der Waals surface area contributed by atoms with Gasteiger partial charge in [0.05, 0.1) is 0 Å². The molecule has 1 fully saturated rings. The number of urea groups is 1. The van der Waals surface area contributed by atoms with Gasteiger partial charge in [0, 0.05) is 0 Å². The van der Waals surface area contributed by atoms with E-state index in [4.69, 9.17) is 0 Å². The van der Waals surface area contributed by atoms with Crippen LogP contribution in [-0.2, 0) is 9.59 Å². The van der Waals surface area contributed by atoms with Crippen LogP contribution in [0.3, 0.4) is 0 Å². The van der Waals surface area contributed by atoms with Crippen molar-refractivity contribution >= 4 is 17.8 Å². The summed E-state index contributed by atoms with van der Waals surface area (Å²) in [5.41, 5.74) is 0. The van der Waals surface area contributed by atoms with Gasteiger partial charge >= 0.3 is 47.4 Å². The topological polar surface area (TPSA) is 75.3 Å². The molecule has 0 saturated carbocycles. The average Bonchev–Trinajstić information content (AvgIpc) is 1.85. The van der Waals surface area contributed by atoms with E-state index in [9.17, 15) is 14.4 Å². The fraction of sp³-hybridized carbons (Fsp3) is 0. The van der Waals surface area contributed by atoms with Gasteiger partial charge in [0.1, 0.15) is 0 Å². The number of amides is 4. The minimum absolute atomic E-state index is 0.